The van der Waals surface area contributed by atoms with Gasteiger partial charge in [-0.05, 0) is 56.5 Å². The number of rotatable bonds is 10. The van der Waals surface area contributed by atoms with Crippen molar-refractivity contribution >= 4 is 44.9 Å². The molecule has 2 aromatic rings. The Morgan fingerprint density at radius 1 is 1.05 bits per heavy atom. The molecule has 200 valence electrons. The first-order valence-electron chi connectivity index (χ1n) is 12.4. The van der Waals surface area contributed by atoms with Crippen LogP contribution in [0.4, 0.5) is 5.69 Å². The first-order chi connectivity index (χ1) is 17.5. The van der Waals surface area contributed by atoms with Crippen molar-refractivity contribution in [2.45, 2.75) is 64.6 Å². The molecule has 1 atom stereocenters. The Bertz CT molecular complexity index is 1240. The number of halogens is 1. The number of ketones is 1. The van der Waals surface area contributed by atoms with Crippen LogP contribution in [-0.4, -0.2) is 55.8 Å². The van der Waals surface area contributed by atoms with Crippen LogP contribution in [0.1, 0.15) is 61.9 Å². The van der Waals surface area contributed by atoms with Crippen LogP contribution >= 0.6 is 11.6 Å². The Balaban J connectivity index is 1.90. The Morgan fingerprint density at radius 3 is 2.35 bits per heavy atom. The van der Waals surface area contributed by atoms with Gasteiger partial charge in [0.15, 0.2) is 5.78 Å². The summed E-state index contributed by atoms with van der Waals surface area (Å²) in [6.45, 7) is 2.57. The fraction of sp³-hybridized carbons (Fsp3) is 0.444. The summed E-state index contributed by atoms with van der Waals surface area (Å²) in [5.74, 6) is -1.06. The number of nitrogens with zero attached hydrogens (tertiary/aromatic N) is 2. The van der Waals surface area contributed by atoms with Gasteiger partial charge >= 0.3 is 0 Å². The number of sulfonamides is 1. The minimum absolute atomic E-state index is 0.0636. The molecule has 1 N–H and O–H groups in total. The standard InChI is InChI=1S/C27H34ClN3O5S/c1-19(27(34)29-24-12-5-4-6-13-24)30(17-21-9-7-11-23(28)15-21)26(33)18-31(37(3,35)36)25-14-8-10-22(16-25)20(2)32/h7-11,14-16,19,24H,4-6,12-13,17-18H2,1-3H3,(H,29,34)/t19-/m0/s1. The number of Topliss-reactive ketones (excluding diaryl/α,β-unsaturated/α-hetero) is 1. The summed E-state index contributed by atoms with van der Waals surface area (Å²) in [6, 6.07) is 12.3. The highest BCUT2D eigenvalue weighted by Crippen LogP contribution is 2.22. The van der Waals surface area contributed by atoms with E-state index in [4.69, 9.17) is 11.6 Å². The number of nitrogens with one attached hydrogen (secondary N) is 1. The lowest BCUT2D eigenvalue weighted by molar-refractivity contribution is -0.139. The maximum Gasteiger partial charge on any atom is 0.244 e. The van der Waals surface area contributed by atoms with Gasteiger partial charge in [0, 0.05) is 23.2 Å². The molecular weight excluding hydrogens is 514 g/mol. The molecule has 37 heavy (non-hydrogen) atoms. The molecule has 2 amide bonds. The van der Waals surface area contributed by atoms with Gasteiger partial charge in [-0.3, -0.25) is 18.7 Å². The van der Waals surface area contributed by atoms with Gasteiger partial charge in [-0.2, -0.15) is 0 Å². The van der Waals surface area contributed by atoms with Crippen LogP contribution in [0.15, 0.2) is 48.5 Å². The Hall–Kier alpha value is -2.91. The lowest BCUT2D eigenvalue weighted by Gasteiger charge is -2.33. The molecular formula is C27H34ClN3O5S. The molecule has 0 spiro atoms. The molecule has 0 saturated heterocycles. The molecule has 0 radical (unpaired) electrons. The molecule has 2 aromatic carbocycles. The van der Waals surface area contributed by atoms with E-state index in [1.807, 2.05) is 0 Å². The molecule has 1 aliphatic rings. The topological polar surface area (TPSA) is 104 Å². The van der Waals surface area contributed by atoms with Gasteiger partial charge in [0.25, 0.3) is 0 Å². The zero-order valence-corrected chi connectivity index (χ0v) is 23.0. The van der Waals surface area contributed by atoms with E-state index >= 15 is 0 Å². The minimum Gasteiger partial charge on any atom is -0.352 e. The molecule has 1 aliphatic carbocycles. The number of anilines is 1. The Labute approximate surface area is 224 Å². The first-order valence-corrected chi connectivity index (χ1v) is 14.6. The highest BCUT2D eigenvalue weighted by atomic mass is 35.5. The third-order valence-electron chi connectivity index (χ3n) is 6.58. The summed E-state index contributed by atoms with van der Waals surface area (Å²) in [6.07, 6.45) is 6.04. The largest absolute Gasteiger partial charge is 0.352 e. The Kier molecular flexibility index (Phi) is 9.73. The molecule has 1 saturated carbocycles. The molecule has 0 unspecified atom stereocenters. The number of amides is 2. The van der Waals surface area contributed by atoms with Gasteiger partial charge in [0.2, 0.25) is 21.8 Å². The fourth-order valence-corrected chi connectivity index (χ4v) is 5.53. The minimum atomic E-state index is -3.88. The van der Waals surface area contributed by atoms with E-state index in [0.717, 1.165) is 42.7 Å². The predicted molar refractivity (Wildman–Crippen MR) is 145 cm³/mol. The quantitative estimate of drug-likeness (QED) is 0.449. The lowest BCUT2D eigenvalue weighted by Crippen LogP contribution is -2.53. The summed E-state index contributed by atoms with van der Waals surface area (Å²) in [5, 5.41) is 3.55. The molecule has 0 bridgehead atoms. The van der Waals surface area contributed by atoms with Crippen molar-refractivity contribution in [3.8, 4) is 0 Å². The van der Waals surface area contributed by atoms with Crippen LogP contribution in [0, 0.1) is 0 Å². The molecule has 3 rings (SSSR count). The maximum absolute atomic E-state index is 13.7. The van der Waals surface area contributed by atoms with Crippen molar-refractivity contribution in [2.75, 3.05) is 17.1 Å². The SMILES string of the molecule is CC(=O)c1cccc(N(CC(=O)N(Cc2cccc(Cl)c2)[C@@H](C)C(=O)NC2CCCCC2)S(C)(=O)=O)c1. The number of hydrogen-bond acceptors (Lipinski definition) is 5. The van der Waals surface area contributed by atoms with Gasteiger partial charge in [-0.15, -0.1) is 0 Å². The van der Waals surface area contributed by atoms with Gasteiger partial charge in [0.05, 0.1) is 11.9 Å². The summed E-state index contributed by atoms with van der Waals surface area (Å²) >= 11 is 6.15. The van der Waals surface area contributed by atoms with Gasteiger partial charge < -0.3 is 10.2 Å². The van der Waals surface area contributed by atoms with Crippen molar-refractivity contribution < 1.29 is 22.8 Å². The van der Waals surface area contributed by atoms with Crippen molar-refractivity contribution in [3.63, 3.8) is 0 Å². The molecule has 10 heteroatoms. The Morgan fingerprint density at radius 2 is 1.73 bits per heavy atom. The van der Waals surface area contributed by atoms with Crippen LogP contribution in [-0.2, 0) is 26.2 Å². The van der Waals surface area contributed by atoms with Crippen LogP contribution in [0.3, 0.4) is 0 Å². The maximum atomic E-state index is 13.7. The van der Waals surface area contributed by atoms with Gasteiger partial charge in [-0.1, -0.05) is 55.1 Å². The number of benzene rings is 2. The summed E-state index contributed by atoms with van der Waals surface area (Å²) in [5.41, 5.74) is 1.24. The molecule has 0 heterocycles. The van der Waals surface area contributed by atoms with E-state index in [0.29, 0.717) is 16.1 Å². The van der Waals surface area contributed by atoms with Crippen LogP contribution < -0.4 is 9.62 Å². The zero-order valence-electron chi connectivity index (χ0n) is 21.4. The lowest BCUT2D eigenvalue weighted by atomic mass is 9.95. The average Bonchev–Trinajstić information content (AvgIpc) is 2.85. The third-order valence-corrected chi connectivity index (χ3v) is 7.96. The zero-order chi connectivity index (χ0) is 27.2. The monoisotopic (exact) mass is 547 g/mol. The molecule has 1 fully saturated rings. The molecule has 8 nitrogen and oxygen atoms in total. The van der Waals surface area contributed by atoms with Crippen LogP contribution in [0.25, 0.3) is 0 Å². The molecule has 0 aromatic heterocycles. The van der Waals surface area contributed by atoms with E-state index in [1.165, 1.54) is 24.0 Å². The van der Waals surface area contributed by atoms with E-state index in [-0.39, 0.29) is 30.0 Å². The van der Waals surface area contributed by atoms with Crippen molar-refractivity contribution in [2.24, 2.45) is 0 Å². The van der Waals surface area contributed by atoms with E-state index in [2.05, 4.69) is 5.32 Å². The van der Waals surface area contributed by atoms with Crippen molar-refractivity contribution in [3.05, 3.63) is 64.7 Å². The first kappa shape index (κ1) is 28.7. The second-order valence-electron chi connectivity index (χ2n) is 9.55. The van der Waals surface area contributed by atoms with E-state index in [1.54, 1.807) is 43.3 Å². The van der Waals surface area contributed by atoms with E-state index in [9.17, 15) is 22.8 Å². The number of carbonyl (C=O) groups is 3. The highest BCUT2D eigenvalue weighted by Gasteiger charge is 2.31. The second-order valence-corrected chi connectivity index (χ2v) is 11.9. The normalized spacial score (nSPS) is 15.0. The number of hydrogen-bond donors (Lipinski definition) is 1. The van der Waals surface area contributed by atoms with Crippen molar-refractivity contribution in [1.82, 2.24) is 10.2 Å². The second kappa shape index (κ2) is 12.6. The number of carbonyl (C=O) groups excluding carboxylic acids is 3. The van der Waals surface area contributed by atoms with Gasteiger partial charge in [0.1, 0.15) is 12.6 Å². The fourth-order valence-electron chi connectivity index (χ4n) is 4.48. The van der Waals surface area contributed by atoms with Gasteiger partial charge in [-0.25, -0.2) is 8.42 Å². The predicted octanol–water partition coefficient (Wildman–Crippen LogP) is 4.17. The van der Waals surface area contributed by atoms with Crippen LogP contribution in [0.2, 0.25) is 5.02 Å². The smallest absolute Gasteiger partial charge is 0.244 e. The average molecular weight is 548 g/mol. The summed E-state index contributed by atoms with van der Waals surface area (Å²) < 4.78 is 26.4. The van der Waals surface area contributed by atoms with E-state index < -0.39 is 28.5 Å². The molecule has 0 aliphatic heterocycles. The van der Waals surface area contributed by atoms with Crippen molar-refractivity contribution in [1.29, 1.82) is 0 Å². The summed E-state index contributed by atoms with van der Waals surface area (Å²) in [7, 11) is -3.88. The van der Waals surface area contributed by atoms with Crippen LogP contribution in [0.5, 0.6) is 0 Å². The summed E-state index contributed by atoms with van der Waals surface area (Å²) in [4.78, 5) is 40.1. The highest BCUT2D eigenvalue weighted by molar-refractivity contribution is 7.92. The third kappa shape index (κ3) is 8.04.